The van der Waals surface area contributed by atoms with Gasteiger partial charge in [-0.1, -0.05) is 0 Å². The Balaban J connectivity index is 1.64. The fraction of sp³-hybridized carbons (Fsp3) is 0.412. The Morgan fingerprint density at radius 2 is 1.76 bits per heavy atom. The average Bonchev–Trinajstić information content (AvgIpc) is 2.83. The molecule has 0 saturated carbocycles. The van der Waals surface area contributed by atoms with Crippen LogP contribution in [0.4, 0.5) is 13.2 Å². The van der Waals surface area contributed by atoms with Gasteiger partial charge in [0.15, 0.2) is 5.76 Å². The van der Waals surface area contributed by atoms with E-state index in [9.17, 15) is 22.8 Å². The van der Waals surface area contributed by atoms with E-state index in [-0.39, 0.29) is 24.0 Å². The number of benzene rings is 1. The Hall–Kier alpha value is -2.35. The summed E-state index contributed by atoms with van der Waals surface area (Å²) in [5.74, 6) is -0.986. The first-order valence-corrected chi connectivity index (χ1v) is 7.85. The lowest BCUT2D eigenvalue weighted by Gasteiger charge is -2.25. The zero-order valence-corrected chi connectivity index (χ0v) is 13.2. The second-order valence-corrected chi connectivity index (χ2v) is 5.94. The van der Waals surface area contributed by atoms with Crippen LogP contribution in [0.15, 0.2) is 36.1 Å². The third kappa shape index (κ3) is 4.01. The molecule has 0 bridgehead atoms. The van der Waals surface area contributed by atoms with E-state index in [1.807, 2.05) is 0 Å². The monoisotopic (exact) mass is 355 g/mol. The van der Waals surface area contributed by atoms with Crippen LogP contribution in [-0.2, 0) is 20.5 Å². The van der Waals surface area contributed by atoms with E-state index in [2.05, 4.69) is 0 Å². The molecular formula is C17H16F3NO4. The molecule has 1 fully saturated rings. The number of rotatable bonds is 4. The van der Waals surface area contributed by atoms with Crippen LogP contribution in [0.5, 0.6) is 5.75 Å². The van der Waals surface area contributed by atoms with Crippen molar-refractivity contribution in [3.8, 4) is 5.75 Å². The number of amides is 2. The lowest BCUT2D eigenvalue weighted by atomic mass is 10.00. The number of carbonyl (C=O) groups excluding carboxylic acids is 2. The second kappa shape index (κ2) is 6.87. The molecule has 1 saturated heterocycles. The van der Waals surface area contributed by atoms with Crippen LogP contribution in [0.25, 0.3) is 0 Å². The van der Waals surface area contributed by atoms with Gasteiger partial charge in [0, 0.05) is 19.8 Å². The summed E-state index contributed by atoms with van der Waals surface area (Å²) in [5.41, 5.74) is -0.816. The minimum Gasteiger partial charge on any atom is -0.451 e. The summed E-state index contributed by atoms with van der Waals surface area (Å²) in [4.78, 5) is 25.4. The highest BCUT2D eigenvalue weighted by molar-refractivity contribution is 6.15. The first-order chi connectivity index (χ1) is 11.8. The molecule has 0 unspecified atom stereocenters. The van der Waals surface area contributed by atoms with E-state index in [1.165, 1.54) is 0 Å². The second-order valence-electron chi connectivity index (χ2n) is 5.94. The van der Waals surface area contributed by atoms with Crippen molar-refractivity contribution in [3.63, 3.8) is 0 Å². The molecule has 2 aliphatic rings. The van der Waals surface area contributed by atoms with Gasteiger partial charge in [0.2, 0.25) is 0 Å². The number of ether oxygens (including phenoxy) is 2. The van der Waals surface area contributed by atoms with Crippen LogP contribution in [0.2, 0.25) is 0 Å². The fourth-order valence-electron chi connectivity index (χ4n) is 2.76. The largest absolute Gasteiger partial charge is 0.451 e. The lowest BCUT2D eigenvalue weighted by molar-refractivity contribution is -0.140. The molecule has 0 atom stereocenters. The summed E-state index contributed by atoms with van der Waals surface area (Å²) >= 11 is 0. The molecule has 0 spiro atoms. The molecule has 2 aliphatic heterocycles. The van der Waals surface area contributed by atoms with Gasteiger partial charge in [-0.05, 0) is 43.0 Å². The SMILES string of the molecule is O=C1C=C(Oc2ccc(C(F)(F)F)cc2)C(=O)N1CC1CCOCC1. The topological polar surface area (TPSA) is 55.8 Å². The molecule has 1 aromatic rings. The van der Waals surface area contributed by atoms with Gasteiger partial charge >= 0.3 is 6.18 Å². The van der Waals surface area contributed by atoms with Crippen LogP contribution in [0.1, 0.15) is 18.4 Å². The molecule has 0 radical (unpaired) electrons. The first-order valence-electron chi connectivity index (χ1n) is 7.85. The standard InChI is InChI=1S/C17H16F3NO4/c18-17(19,20)12-1-3-13(4-2-12)25-14-9-15(22)21(16(14)23)10-11-5-7-24-8-6-11/h1-4,9,11H,5-8,10H2. The number of hydrogen-bond donors (Lipinski definition) is 0. The molecule has 5 nitrogen and oxygen atoms in total. The van der Waals surface area contributed by atoms with E-state index in [0.717, 1.165) is 48.1 Å². The maximum atomic E-state index is 12.5. The molecule has 3 rings (SSSR count). The number of alkyl halides is 3. The van der Waals surface area contributed by atoms with Gasteiger partial charge in [-0.2, -0.15) is 13.2 Å². The molecule has 134 valence electrons. The minimum atomic E-state index is -4.45. The summed E-state index contributed by atoms with van der Waals surface area (Å²) in [6.45, 7) is 1.49. The number of imide groups is 1. The molecule has 2 heterocycles. The Morgan fingerprint density at radius 1 is 1.12 bits per heavy atom. The number of halogens is 3. The fourth-order valence-corrected chi connectivity index (χ4v) is 2.76. The molecule has 1 aromatic carbocycles. The zero-order valence-electron chi connectivity index (χ0n) is 13.2. The van der Waals surface area contributed by atoms with Crippen LogP contribution >= 0.6 is 0 Å². The Bertz CT molecular complexity index is 691. The van der Waals surface area contributed by atoms with Crippen LogP contribution in [-0.4, -0.2) is 36.5 Å². The third-order valence-electron chi connectivity index (χ3n) is 4.17. The van der Waals surface area contributed by atoms with Crippen molar-refractivity contribution in [2.75, 3.05) is 19.8 Å². The maximum Gasteiger partial charge on any atom is 0.416 e. The predicted molar refractivity (Wildman–Crippen MR) is 80.4 cm³/mol. The molecule has 0 aromatic heterocycles. The van der Waals surface area contributed by atoms with E-state index in [1.54, 1.807) is 0 Å². The summed E-state index contributed by atoms with van der Waals surface area (Å²) in [7, 11) is 0. The van der Waals surface area contributed by atoms with Gasteiger partial charge in [0.1, 0.15) is 5.75 Å². The van der Waals surface area contributed by atoms with Crippen LogP contribution in [0, 0.1) is 5.92 Å². The quantitative estimate of drug-likeness (QED) is 0.780. The highest BCUT2D eigenvalue weighted by atomic mass is 19.4. The Labute approximate surface area is 142 Å². The van der Waals surface area contributed by atoms with Crippen molar-refractivity contribution in [2.24, 2.45) is 5.92 Å². The van der Waals surface area contributed by atoms with Gasteiger partial charge in [-0.15, -0.1) is 0 Å². The molecular weight excluding hydrogens is 339 g/mol. The number of nitrogens with zero attached hydrogens (tertiary/aromatic N) is 1. The Morgan fingerprint density at radius 3 is 2.36 bits per heavy atom. The van der Waals surface area contributed by atoms with Gasteiger partial charge in [0.25, 0.3) is 11.8 Å². The minimum absolute atomic E-state index is 0.0633. The number of carbonyl (C=O) groups is 2. The predicted octanol–water partition coefficient (Wildman–Crippen LogP) is 2.76. The van der Waals surface area contributed by atoms with Gasteiger partial charge in [-0.25, -0.2) is 0 Å². The molecule has 0 aliphatic carbocycles. The van der Waals surface area contributed by atoms with E-state index in [4.69, 9.17) is 9.47 Å². The third-order valence-corrected chi connectivity index (χ3v) is 4.17. The molecule has 8 heteroatoms. The van der Waals surface area contributed by atoms with E-state index < -0.39 is 23.6 Å². The normalized spacial score (nSPS) is 19.3. The Kier molecular flexibility index (Phi) is 4.80. The van der Waals surface area contributed by atoms with Crippen molar-refractivity contribution in [3.05, 3.63) is 41.7 Å². The van der Waals surface area contributed by atoms with Crippen molar-refractivity contribution in [1.29, 1.82) is 0 Å². The summed E-state index contributed by atoms with van der Waals surface area (Å²) < 4.78 is 48.2. The van der Waals surface area contributed by atoms with Crippen LogP contribution in [0.3, 0.4) is 0 Å². The van der Waals surface area contributed by atoms with Gasteiger partial charge < -0.3 is 9.47 Å². The van der Waals surface area contributed by atoms with Crippen molar-refractivity contribution in [2.45, 2.75) is 19.0 Å². The van der Waals surface area contributed by atoms with Gasteiger partial charge in [-0.3, -0.25) is 14.5 Å². The summed E-state index contributed by atoms with van der Waals surface area (Å²) in [5, 5.41) is 0. The smallest absolute Gasteiger partial charge is 0.416 e. The van der Waals surface area contributed by atoms with E-state index in [0.29, 0.717) is 13.2 Å². The highest BCUT2D eigenvalue weighted by Crippen LogP contribution is 2.31. The average molecular weight is 355 g/mol. The van der Waals surface area contributed by atoms with Crippen LogP contribution < -0.4 is 4.74 Å². The highest BCUT2D eigenvalue weighted by Gasteiger charge is 2.35. The number of hydrogen-bond acceptors (Lipinski definition) is 4. The summed E-state index contributed by atoms with van der Waals surface area (Å²) in [6, 6.07) is 3.94. The van der Waals surface area contributed by atoms with Crippen molar-refractivity contribution in [1.82, 2.24) is 4.90 Å². The lowest BCUT2D eigenvalue weighted by Crippen LogP contribution is -2.37. The maximum absolute atomic E-state index is 12.5. The van der Waals surface area contributed by atoms with Crippen molar-refractivity contribution < 1.29 is 32.2 Å². The first kappa shape index (κ1) is 17.5. The van der Waals surface area contributed by atoms with Gasteiger partial charge in [0.05, 0.1) is 11.6 Å². The van der Waals surface area contributed by atoms with E-state index >= 15 is 0 Å². The molecule has 2 amide bonds. The van der Waals surface area contributed by atoms with Crippen molar-refractivity contribution >= 4 is 11.8 Å². The zero-order chi connectivity index (χ0) is 18.0. The summed E-state index contributed by atoms with van der Waals surface area (Å²) in [6.07, 6.45) is -1.84. The molecule has 0 N–H and O–H groups in total. The molecule has 25 heavy (non-hydrogen) atoms.